The number of carbonyl (C=O) groups excluding carboxylic acids is 1. The van der Waals surface area contributed by atoms with E-state index in [1.165, 1.54) is 24.3 Å². The number of carbonyl (C=O) groups is 1. The fourth-order valence-corrected chi connectivity index (χ4v) is 3.35. The molecule has 2 N–H and O–H groups in total. The van der Waals surface area contributed by atoms with Gasteiger partial charge in [0.1, 0.15) is 0 Å². The van der Waals surface area contributed by atoms with Crippen LogP contribution in [-0.4, -0.2) is 42.4 Å². The molecule has 0 bridgehead atoms. The number of thioether (sulfide) groups is 1. The Bertz CT molecular complexity index is 250. The van der Waals surface area contributed by atoms with Crippen LogP contribution in [0.15, 0.2) is 0 Å². The lowest BCUT2D eigenvalue weighted by molar-refractivity contribution is -0.132. The maximum atomic E-state index is 12.1. The molecule has 1 saturated heterocycles. The molecule has 3 nitrogen and oxygen atoms in total. The van der Waals surface area contributed by atoms with Gasteiger partial charge in [0.15, 0.2) is 0 Å². The van der Waals surface area contributed by atoms with Crippen LogP contribution in [0.2, 0.25) is 0 Å². The van der Waals surface area contributed by atoms with E-state index in [9.17, 15) is 4.79 Å². The van der Waals surface area contributed by atoms with Crippen molar-refractivity contribution in [3.05, 3.63) is 0 Å². The molecule has 0 saturated carbocycles. The number of nitrogens with zero attached hydrogens (tertiary/aromatic N) is 1. The van der Waals surface area contributed by atoms with Crippen LogP contribution in [0.3, 0.4) is 0 Å². The van der Waals surface area contributed by atoms with E-state index in [4.69, 9.17) is 5.73 Å². The highest BCUT2D eigenvalue weighted by Crippen LogP contribution is 2.26. The van der Waals surface area contributed by atoms with Gasteiger partial charge in [-0.1, -0.05) is 13.8 Å². The molecule has 17 heavy (non-hydrogen) atoms. The van der Waals surface area contributed by atoms with Gasteiger partial charge < -0.3 is 10.6 Å². The van der Waals surface area contributed by atoms with Crippen molar-refractivity contribution in [2.75, 3.05) is 31.6 Å². The minimum Gasteiger partial charge on any atom is -0.345 e. The van der Waals surface area contributed by atoms with E-state index in [2.05, 4.69) is 13.8 Å². The second-order valence-electron chi connectivity index (χ2n) is 5.88. The molecule has 0 aromatic rings. The van der Waals surface area contributed by atoms with Crippen molar-refractivity contribution in [2.45, 2.75) is 33.1 Å². The third kappa shape index (κ3) is 5.30. The quantitative estimate of drug-likeness (QED) is 0.820. The Kier molecular flexibility index (Phi) is 5.80. The van der Waals surface area contributed by atoms with Gasteiger partial charge in [-0.15, -0.1) is 0 Å². The van der Waals surface area contributed by atoms with E-state index in [0.717, 1.165) is 13.0 Å². The van der Waals surface area contributed by atoms with E-state index in [1.807, 2.05) is 23.7 Å². The first-order chi connectivity index (χ1) is 7.94. The fraction of sp³-hybridized carbons (Fsp3) is 0.923. The van der Waals surface area contributed by atoms with Crippen LogP contribution < -0.4 is 5.73 Å². The minimum absolute atomic E-state index is 0.0207. The Morgan fingerprint density at radius 3 is 2.53 bits per heavy atom. The third-order valence-electron chi connectivity index (χ3n) is 3.45. The Morgan fingerprint density at radius 1 is 1.41 bits per heavy atom. The molecule has 1 aliphatic heterocycles. The Labute approximate surface area is 109 Å². The highest BCUT2D eigenvalue weighted by molar-refractivity contribution is 7.99. The van der Waals surface area contributed by atoms with E-state index >= 15 is 0 Å². The summed E-state index contributed by atoms with van der Waals surface area (Å²) in [5.41, 5.74) is 5.72. The summed E-state index contributed by atoms with van der Waals surface area (Å²) in [5.74, 6) is 3.32. The number of hydrogen-bond donors (Lipinski definition) is 1. The van der Waals surface area contributed by atoms with E-state index < -0.39 is 0 Å². The van der Waals surface area contributed by atoms with Crippen molar-refractivity contribution in [3.8, 4) is 0 Å². The summed E-state index contributed by atoms with van der Waals surface area (Å²) in [5, 5.41) is 0. The summed E-state index contributed by atoms with van der Waals surface area (Å²) in [4.78, 5) is 13.9. The monoisotopic (exact) mass is 258 g/mol. The van der Waals surface area contributed by atoms with E-state index in [0.29, 0.717) is 12.5 Å². The van der Waals surface area contributed by atoms with Gasteiger partial charge in [-0.05, 0) is 42.2 Å². The molecule has 1 fully saturated rings. The first kappa shape index (κ1) is 14.8. The van der Waals surface area contributed by atoms with Crippen molar-refractivity contribution in [1.29, 1.82) is 0 Å². The van der Waals surface area contributed by atoms with E-state index in [-0.39, 0.29) is 11.3 Å². The first-order valence-corrected chi connectivity index (χ1v) is 7.62. The molecule has 0 aliphatic carbocycles. The van der Waals surface area contributed by atoms with Crippen molar-refractivity contribution in [1.82, 2.24) is 4.90 Å². The Balaban J connectivity index is 2.35. The second kappa shape index (κ2) is 6.64. The average Bonchev–Trinajstić information content (AvgIpc) is 2.30. The third-order valence-corrected chi connectivity index (χ3v) is 4.50. The molecule has 4 heteroatoms. The van der Waals surface area contributed by atoms with Crippen LogP contribution in [0.4, 0.5) is 0 Å². The summed E-state index contributed by atoms with van der Waals surface area (Å²) in [7, 11) is 1.90. The second-order valence-corrected chi connectivity index (χ2v) is 7.10. The SMILES string of the molecule is CN(CC(C)(C)CN)C(=O)CC1CCSCC1. The Hall–Kier alpha value is -0.220. The zero-order valence-corrected chi connectivity index (χ0v) is 12.2. The summed E-state index contributed by atoms with van der Waals surface area (Å²) in [6.07, 6.45) is 3.12. The van der Waals surface area contributed by atoms with E-state index in [1.54, 1.807) is 0 Å². The maximum absolute atomic E-state index is 12.1. The van der Waals surface area contributed by atoms with Crippen LogP contribution >= 0.6 is 11.8 Å². The van der Waals surface area contributed by atoms with Gasteiger partial charge in [0, 0.05) is 20.0 Å². The molecule has 0 unspecified atom stereocenters. The van der Waals surface area contributed by atoms with Gasteiger partial charge in [0.2, 0.25) is 5.91 Å². The molecule has 0 aromatic carbocycles. The average molecular weight is 258 g/mol. The van der Waals surface area contributed by atoms with Gasteiger partial charge in [-0.2, -0.15) is 11.8 Å². The van der Waals surface area contributed by atoms with Gasteiger partial charge >= 0.3 is 0 Å². The molecule has 0 radical (unpaired) electrons. The highest BCUT2D eigenvalue weighted by atomic mass is 32.2. The van der Waals surface area contributed by atoms with Crippen LogP contribution in [0.25, 0.3) is 0 Å². The first-order valence-electron chi connectivity index (χ1n) is 6.46. The topological polar surface area (TPSA) is 46.3 Å². The molecule has 1 rings (SSSR count). The smallest absolute Gasteiger partial charge is 0.222 e. The summed E-state index contributed by atoms with van der Waals surface area (Å²) < 4.78 is 0. The van der Waals surface area contributed by atoms with Crippen LogP contribution in [-0.2, 0) is 4.79 Å². The number of hydrogen-bond acceptors (Lipinski definition) is 3. The molecular formula is C13H26N2OS. The van der Waals surface area contributed by atoms with Gasteiger partial charge in [0.05, 0.1) is 0 Å². The molecule has 100 valence electrons. The van der Waals surface area contributed by atoms with Crippen LogP contribution in [0.5, 0.6) is 0 Å². The van der Waals surface area contributed by atoms with Crippen LogP contribution in [0, 0.1) is 11.3 Å². The molecule has 1 amide bonds. The fourth-order valence-electron chi connectivity index (χ4n) is 2.15. The molecule has 0 atom stereocenters. The number of amides is 1. The van der Waals surface area contributed by atoms with Crippen molar-refractivity contribution < 1.29 is 4.79 Å². The van der Waals surface area contributed by atoms with Gasteiger partial charge in [-0.25, -0.2) is 0 Å². The predicted molar refractivity (Wildman–Crippen MR) is 75.1 cm³/mol. The summed E-state index contributed by atoms with van der Waals surface area (Å²) >= 11 is 2.01. The summed E-state index contributed by atoms with van der Waals surface area (Å²) in [6, 6.07) is 0. The molecule has 0 aromatic heterocycles. The summed E-state index contributed by atoms with van der Waals surface area (Å²) in [6.45, 7) is 5.58. The lowest BCUT2D eigenvalue weighted by atomic mass is 9.92. The van der Waals surface area contributed by atoms with Crippen molar-refractivity contribution >= 4 is 17.7 Å². The maximum Gasteiger partial charge on any atom is 0.222 e. The highest BCUT2D eigenvalue weighted by Gasteiger charge is 2.23. The normalized spacial score (nSPS) is 18.1. The van der Waals surface area contributed by atoms with Gasteiger partial charge in [-0.3, -0.25) is 4.79 Å². The molecule has 1 aliphatic rings. The largest absolute Gasteiger partial charge is 0.345 e. The molecule has 0 spiro atoms. The Morgan fingerprint density at radius 2 is 2.00 bits per heavy atom. The van der Waals surface area contributed by atoms with Crippen molar-refractivity contribution in [3.63, 3.8) is 0 Å². The van der Waals surface area contributed by atoms with Gasteiger partial charge in [0.25, 0.3) is 0 Å². The number of rotatable bonds is 5. The minimum atomic E-state index is 0.0207. The predicted octanol–water partition coefficient (Wildman–Crippen LogP) is 1.96. The van der Waals surface area contributed by atoms with Crippen LogP contribution in [0.1, 0.15) is 33.1 Å². The molecule has 1 heterocycles. The lowest BCUT2D eigenvalue weighted by Crippen LogP contribution is -2.40. The zero-order chi connectivity index (χ0) is 12.9. The standard InChI is InChI=1S/C13H26N2OS/c1-13(2,9-14)10-15(3)12(16)8-11-4-6-17-7-5-11/h11H,4-10,14H2,1-3H3. The lowest BCUT2D eigenvalue weighted by Gasteiger charge is -2.30. The molecular weight excluding hydrogens is 232 g/mol. The van der Waals surface area contributed by atoms with Crippen molar-refractivity contribution in [2.24, 2.45) is 17.1 Å². The zero-order valence-electron chi connectivity index (χ0n) is 11.4. The number of nitrogens with two attached hydrogens (primary N) is 1.